The zero-order valence-corrected chi connectivity index (χ0v) is 11.7. The van der Waals surface area contributed by atoms with Crippen LogP contribution in [0.25, 0.3) is 0 Å². The van der Waals surface area contributed by atoms with Crippen molar-refractivity contribution in [1.29, 1.82) is 0 Å². The number of carbonyl (C=O) groups is 1. The molecule has 0 fully saturated rings. The number of halogens is 3. The number of ether oxygens (including phenoxy) is 2. The minimum absolute atomic E-state index is 0.0335. The van der Waals surface area contributed by atoms with Gasteiger partial charge in [0.2, 0.25) is 0 Å². The molecule has 2 rings (SSSR count). The molecule has 3 nitrogen and oxygen atoms in total. The lowest BCUT2D eigenvalue weighted by molar-refractivity contribution is -0.274. The van der Waals surface area contributed by atoms with Crippen LogP contribution >= 0.6 is 0 Å². The first kappa shape index (κ1) is 15.9. The Morgan fingerprint density at radius 2 is 1.86 bits per heavy atom. The Morgan fingerprint density at radius 1 is 1.14 bits per heavy atom. The van der Waals surface area contributed by atoms with E-state index in [0.717, 1.165) is 5.56 Å². The van der Waals surface area contributed by atoms with Gasteiger partial charge in [-0.05, 0) is 42.3 Å². The first-order valence-corrected chi connectivity index (χ1v) is 6.41. The van der Waals surface area contributed by atoms with Gasteiger partial charge < -0.3 is 9.47 Å². The summed E-state index contributed by atoms with van der Waals surface area (Å²) in [5, 5.41) is 0. The summed E-state index contributed by atoms with van der Waals surface area (Å²) in [6.07, 6.45) is -4.08. The average Bonchev–Trinajstić information content (AvgIpc) is 2.46. The molecular formula is C16H13F3O3. The van der Waals surface area contributed by atoms with Crippen LogP contribution < -0.4 is 9.47 Å². The Hall–Kier alpha value is -2.50. The fourth-order valence-electron chi connectivity index (χ4n) is 1.87. The lowest BCUT2D eigenvalue weighted by atomic mass is 10.1. The molecule has 2 aromatic carbocycles. The van der Waals surface area contributed by atoms with E-state index in [4.69, 9.17) is 4.74 Å². The summed E-state index contributed by atoms with van der Waals surface area (Å²) in [6.45, 7) is 1.79. The molecule has 2 aromatic rings. The van der Waals surface area contributed by atoms with Crippen molar-refractivity contribution in [3.8, 4) is 11.5 Å². The van der Waals surface area contributed by atoms with E-state index in [1.807, 2.05) is 0 Å². The molecule has 0 amide bonds. The first-order valence-electron chi connectivity index (χ1n) is 6.41. The van der Waals surface area contributed by atoms with Crippen molar-refractivity contribution in [3.05, 3.63) is 59.2 Å². The number of alkyl halides is 3. The third-order valence-electron chi connectivity index (χ3n) is 2.98. The van der Waals surface area contributed by atoms with E-state index in [-0.39, 0.29) is 12.4 Å². The molecule has 0 aliphatic carbocycles. The van der Waals surface area contributed by atoms with Crippen LogP contribution in [-0.4, -0.2) is 12.6 Å². The van der Waals surface area contributed by atoms with Crippen LogP contribution in [0, 0.1) is 6.92 Å². The number of hydrogen-bond donors (Lipinski definition) is 0. The highest BCUT2D eigenvalue weighted by Crippen LogP contribution is 2.26. The molecule has 0 saturated carbocycles. The Morgan fingerprint density at radius 3 is 2.55 bits per heavy atom. The molecule has 0 unspecified atom stereocenters. The summed E-state index contributed by atoms with van der Waals surface area (Å²) in [7, 11) is 0. The molecule has 0 N–H and O–H groups in total. The fourth-order valence-corrected chi connectivity index (χ4v) is 1.87. The number of carbonyl (C=O) groups excluding carboxylic acids is 1. The summed E-state index contributed by atoms with van der Waals surface area (Å²) < 4.78 is 46.1. The lowest BCUT2D eigenvalue weighted by Gasteiger charge is -2.13. The van der Waals surface area contributed by atoms with E-state index in [9.17, 15) is 18.0 Å². The summed E-state index contributed by atoms with van der Waals surface area (Å²) in [5.41, 5.74) is 1.68. The summed E-state index contributed by atoms with van der Waals surface area (Å²) >= 11 is 0. The molecule has 116 valence electrons. The predicted molar refractivity (Wildman–Crippen MR) is 74.0 cm³/mol. The number of aryl methyl sites for hydroxylation is 1. The lowest BCUT2D eigenvalue weighted by Crippen LogP contribution is -2.17. The highest BCUT2D eigenvalue weighted by molar-refractivity contribution is 5.79. The third-order valence-corrected chi connectivity index (χ3v) is 2.98. The third kappa shape index (κ3) is 4.25. The number of hydrogen-bond acceptors (Lipinski definition) is 3. The smallest absolute Gasteiger partial charge is 0.488 e. The summed E-state index contributed by atoms with van der Waals surface area (Å²) in [5.74, 6) is 0.0689. The van der Waals surface area contributed by atoms with Crippen LogP contribution in [-0.2, 0) is 6.61 Å². The first-order chi connectivity index (χ1) is 10.4. The monoisotopic (exact) mass is 310 g/mol. The molecule has 0 spiro atoms. The van der Waals surface area contributed by atoms with Crippen molar-refractivity contribution in [2.45, 2.75) is 19.9 Å². The van der Waals surface area contributed by atoms with Gasteiger partial charge in [-0.3, -0.25) is 4.79 Å². The normalized spacial score (nSPS) is 11.1. The number of para-hydroxylation sites is 1. The second-order valence-corrected chi connectivity index (χ2v) is 4.58. The van der Waals surface area contributed by atoms with Gasteiger partial charge >= 0.3 is 6.36 Å². The van der Waals surface area contributed by atoms with Gasteiger partial charge in [-0.1, -0.05) is 18.2 Å². The van der Waals surface area contributed by atoms with Crippen molar-refractivity contribution in [2.75, 3.05) is 0 Å². The number of rotatable bonds is 5. The van der Waals surface area contributed by atoms with Crippen LogP contribution in [0.4, 0.5) is 13.2 Å². The van der Waals surface area contributed by atoms with Crippen LogP contribution in [0.15, 0.2) is 42.5 Å². The Labute approximate surface area is 125 Å². The van der Waals surface area contributed by atoms with Crippen molar-refractivity contribution in [1.82, 2.24) is 0 Å². The van der Waals surface area contributed by atoms with Crippen LogP contribution in [0.5, 0.6) is 11.5 Å². The van der Waals surface area contributed by atoms with Gasteiger partial charge in [0.1, 0.15) is 18.1 Å². The van der Waals surface area contributed by atoms with Gasteiger partial charge in [0.25, 0.3) is 0 Å². The van der Waals surface area contributed by atoms with E-state index < -0.39 is 6.36 Å². The summed E-state index contributed by atoms with van der Waals surface area (Å²) in [6, 6.07) is 10.6. The van der Waals surface area contributed by atoms with Gasteiger partial charge in [0, 0.05) is 0 Å². The highest BCUT2D eigenvalue weighted by atomic mass is 19.4. The number of aldehydes is 1. The largest absolute Gasteiger partial charge is 0.573 e. The zero-order valence-electron chi connectivity index (χ0n) is 11.7. The molecule has 22 heavy (non-hydrogen) atoms. The molecular weight excluding hydrogens is 297 g/mol. The molecule has 6 heteroatoms. The van der Waals surface area contributed by atoms with E-state index in [2.05, 4.69) is 4.74 Å². The molecule has 0 atom stereocenters. The Kier molecular flexibility index (Phi) is 4.70. The maximum absolute atomic E-state index is 12.2. The van der Waals surface area contributed by atoms with Crippen molar-refractivity contribution in [2.24, 2.45) is 0 Å². The quantitative estimate of drug-likeness (QED) is 0.773. The molecule has 0 aromatic heterocycles. The van der Waals surface area contributed by atoms with E-state index >= 15 is 0 Å². The van der Waals surface area contributed by atoms with Gasteiger partial charge in [-0.25, -0.2) is 0 Å². The van der Waals surface area contributed by atoms with Crippen LogP contribution in [0.1, 0.15) is 21.5 Å². The highest BCUT2D eigenvalue weighted by Gasteiger charge is 2.31. The fraction of sp³-hybridized carbons (Fsp3) is 0.188. The number of benzene rings is 2. The topological polar surface area (TPSA) is 35.5 Å². The van der Waals surface area contributed by atoms with Crippen molar-refractivity contribution < 1.29 is 27.4 Å². The second kappa shape index (κ2) is 6.51. The maximum Gasteiger partial charge on any atom is 0.573 e. The van der Waals surface area contributed by atoms with Crippen molar-refractivity contribution >= 4 is 6.29 Å². The molecule has 0 saturated heterocycles. The Bertz CT molecular complexity index is 666. The SMILES string of the molecule is Cc1ccc(OC(F)(F)F)cc1COc1ccccc1C=O. The van der Waals surface area contributed by atoms with Gasteiger partial charge in [-0.2, -0.15) is 0 Å². The average molecular weight is 310 g/mol. The van der Waals surface area contributed by atoms with Gasteiger partial charge in [0.05, 0.1) is 5.56 Å². The molecule has 0 aliphatic heterocycles. The minimum Gasteiger partial charge on any atom is -0.488 e. The molecule has 0 heterocycles. The maximum atomic E-state index is 12.2. The van der Waals surface area contributed by atoms with E-state index in [1.165, 1.54) is 18.2 Å². The van der Waals surface area contributed by atoms with Gasteiger partial charge in [0.15, 0.2) is 6.29 Å². The molecule has 0 bridgehead atoms. The van der Waals surface area contributed by atoms with Gasteiger partial charge in [-0.15, -0.1) is 13.2 Å². The van der Waals surface area contributed by atoms with E-state index in [0.29, 0.717) is 23.2 Å². The molecule has 0 aliphatic rings. The van der Waals surface area contributed by atoms with Crippen LogP contribution in [0.2, 0.25) is 0 Å². The second-order valence-electron chi connectivity index (χ2n) is 4.58. The standard InChI is InChI=1S/C16H13F3O3/c1-11-6-7-14(22-16(17,18)19)8-13(11)10-21-15-5-3-2-4-12(15)9-20/h2-9H,10H2,1H3. The molecule has 0 radical (unpaired) electrons. The van der Waals surface area contributed by atoms with E-state index in [1.54, 1.807) is 31.2 Å². The summed E-state index contributed by atoms with van der Waals surface area (Å²) in [4.78, 5) is 10.9. The predicted octanol–water partition coefficient (Wildman–Crippen LogP) is 4.29. The minimum atomic E-state index is -4.74. The zero-order chi connectivity index (χ0) is 16.2. The van der Waals surface area contributed by atoms with Crippen LogP contribution in [0.3, 0.4) is 0 Å². The Balaban J connectivity index is 2.15. The van der Waals surface area contributed by atoms with Crippen molar-refractivity contribution in [3.63, 3.8) is 0 Å².